The molecule has 31 heavy (non-hydrogen) atoms. The second-order valence-electron chi connectivity index (χ2n) is 7.67. The van der Waals surface area contributed by atoms with Crippen molar-refractivity contribution in [1.82, 2.24) is 24.3 Å². The van der Waals surface area contributed by atoms with Crippen LogP contribution in [0.3, 0.4) is 0 Å². The van der Waals surface area contributed by atoms with Crippen LogP contribution >= 0.6 is 0 Å². The number of hydrogen-bond acceptors (Lipinski definition) is 6. The SMILES string of the molecule is CS(=O)(=O)NC[C@H]1CCCN(c2cc(-c3cnc4ccc(C(F)F)nn34)cc(=O)[nH]2)C1. The number of nitrogens with one attached hydrogen (secondary N) is 2. The lowest BCUT2D eigenvalue weighted by atomic mass is 9.98. The minimum atomic E-state index is -3.28. The van der Waals surface area contributed by atoms with Gasteiger partial charge in [0, 0.05) is 31.3 Å². The molecule has 3 aromatic rings. The minimum absolute atomic E-state index is 0.0988. The number of rotatable bonds is 6. The zero-order chi connectivity index (χ0) is 22.2. The van der Waals surface area contributed by atoms with Gasteiger partial charge in [0.1, 0.15) is 11.5 Å². The van der Waals surface area contributed by atoms with Crippen LogP contribution in [-0.4, -0.2) is 53.9 Å². The molecule has 1 atom stereocenters. The molecule has 1 fully saturated rings. The third-order valence-electron chi connectivity index (χ3n) is 5.23. The van der Waals surface area contributed by atoms with E-state index in [1.54, 1.807) is 6.07 Å². The molecule has 9 nitrogen and oxygen atoms in total. The van der Waals surface area contributed by atoms with Crippen LogP contribution in [0.4, 0.5) is 14.6 Å². The molecule has 0 saturated carbocycles. The number of piperidine rings is 1. The summed E-state index contributed by atoms with van der Waals surface area (Å²) >= 11 is 0. The van der Waals surface area contributed by atoms with E-state index in [4.69, 9.17) is 0 Å². The second-order valence-corrected chi connectivity index (χ2v) is 9.50. The molecule has 1 saturated heterocycles. The Hall–Kier alpha value is -2.86. The standard InChI is InChI=1S/C19H22F2N6O3S/c1-31(29,30)23-9-12-3-2-6-26(11-12)17-7-13(8-18(28)24-17)15-10-22-16-5-4-14(19(20)21)25-27(15)16/h4-5,7-8,10,12,19,23H,2-3,6,9,11H2,1H3,(H,24,28)/t12-/m1/s1. The molecule has 0 amide bonds. The Morgan fingerprint density at radius 1 is 1.32 bits per heavy atom. The van der Waals surface area contributed by atoms with E-state index in [9.17, 15) is 22.0 Å². The number of pyridine rings is 1. The highest BCUT2D eigenvalue weighted by Gasteiger charge is 2.22. The van der Waals surface area contributed by atoms with E-state index >= 15 is 0 Å². The zero-order valence-corrected chi connectivity index (χ0v) is 17.6. The third kappa shape index (κ3) is 4.90. The van der Waals surface area contributed by atoms with Gasteiger partial charge in [-0.15, -0.1) is 0 Å². The minimum Gasteiger partial charge on any atom is -0.358 e. The van der Waals surface area contributed by atoms with Crippen LogP contribution in [-0.2, 0) is 10.0 Å². The summed E-state index contributed by atoms with van der Waals surface area (Å²) in [4.78, 5) is 21.3. The van der Waals surface area contributed by atoms with Gasteiger partial charge in [-0.2, -0.15) is 5.10 Å². The number of sulfonamides is 1. The van der Waals surface area contributed by atoms with Gasteiger partial charge in [0.15, 0.2) is 5.65 Å². The molecule has 0 spiro atoms. The molecule has 12 heteroatoms. The normalized spacial score (nSPS) is 17.5. The van der Waals surface area contributed by atoms with Crippen molar-refractivity contribution < 1.29 is 17.2 Å². The van der Waals surface area contributed by atoms with E-state index in [1.165, 1.54) is 28.9 Å². The van der Waals surface area contributed by atoms with Crippen LogP contribution in [0, 0.1) is 5.92 Å². The van der Waals surface area contributed by atoms with Crippen molar-refractivity contribution in [3.05, 3.63) is 46.5 Å². The van der Waals surface area contributed by atoms with Crippen molar-refractivity contribution in [2.75, 3.05) is 30.8 Å². The van der Waals surface area contributed by atoms with Gasteiger partial charge in [-0.3, -0.25) is 4.79 Å². The van der Waals surface area contributed by atoms with E-state index in [1.807, 2.05) is 4.90 Å². The van der Waals surface area contributed by atoms with Crippen LogP contribution in [0.25, 0.3) is 16.9 Å². The summed E-state index contributed by atoms with van der Waals surface area (Å²) in [7, 11) is -3.28. The van der Waals surface area contributed by atoms with Crippen molar-refractivity contribution >= 4 is 21.5 Å². The van der Waals surface area contributed by atoms with Crippen LogP contribution in [0.2, 0.25) is 0 Å². The number of alkyl halides is 2. The van der Waals surface area contributed by atoms with Crippen LogP contribution < -0.4 is 15.2 Å². The Balaban J connectivity index is 1.64. The Bertz CT molecular complexity index is 1260. The van der Waals surface area contributed by atoms with Crippen molar-refractivity contribution in [3.63, 3.8) is 0 Å². The number of aromatic nitrogens is 4. The van der Waals surface area contributed by atoms with Gasteiger partial charge in [-0.1, -0.05) is 0 Å². The number of nitrogens with zero attached hydrogens (tertiary/aromatic N) is 4. The summed E-state index contributed by atoms with van der Waals surface area (Å²) in [5.74, 6) is 0.674. The largest absolute Gasteiger partial charge is 0.358 e. The fourth-order valence-corrected chi connectivity index (χ4v) is 4.31. The summed E-state index contributed by atoms with van der Waals surface area (Å²) in [5.41, 5.74) is 0.600. The van der Waals surface area contributed by atoms with Gasteiger partial charge in [0.25, 0.3) is 6.43 Å². The smallest absolute Gasteiger partial charge is 0.282 e. The molecule has 4 heterocycles. The summed E-state index contributed by atoms with van der Waals surface area (Å²) in [5, 5.41) is 3.96. The molecule has 166 valence electrons. The molecule has 0 aromatic carbocycles. The van der Waals surface area contributed by atoms with E-state index < -0.39 is 16.4 Å². The lowest BCUT2D eigenvalue weighted by molar-refractivity contribution is 0.144. The molecular weight excluding hydrogens is 430 g/mol. The topological polar surface area (TPSA) is 112 Å². The van der Waals surface area contributed by atoms with E-state index in [-0.39, 0.29) is 17.2 Å². The molecule has 0 bridgehead atoms. The first-order valence-corrected chi connectivity index (χ1v) is 11.7. The molecule has 0 radical (unpaired) electrons. The number of aromatic amines is 1. The van der Waals surface area contributed by atoms with Crippen LogP contribution in [0.1, 0.15) is 25.0 Å². The number of imidazole rings is 1. The lowest BCUT2D eigenvalue weighted by Gasteiger charge is -2.34. The molecule has 3 aromatic heterocycles. The number of H-pyrrole nitrogens is 1. The number of anilines is 1. The highest BCUT2D eigenvalue weighted by atomic mass is 32.2. The van der Waals surface area contributed by atoms with Gasteiger partial charge in [0.2, 0.25) is 15.6 Å². The molecule has 4 rings (SSSR count). The molecular formula is C19H22F2N6O3S. The maximum Gasteiger partial charge on any atom is 0.282 e. The molecule has 1 aliphatic heterocycles. The maximum atomic E-state index is 13.1. The summed E-state index contributed by atoms with van der Waals surface area (Å²) in [6.07, 6.45) is 1.61. The summed E-state index contributed by atoms with van der Waals surface area (Å²) in [6, 6.07) is 5.80. The first-order chi connectivity index (χ1) is 14.7. The summed E-state index contributed by atoms with van der Waals surface area (Å²) in [6.45, 7) is 1.60. The monoisotopic (exact) mass is 452 g/mol. The van der Waals surface area contributed by atoms with Crippen molar-refractivity contribution in [1.29, 1.82) is 0 Å². The predicted octanol–water partition coefficient (Wildman–Crippen LogP) is 1.79. The highest BCUT2D eigenvalue weighted by Crippen LogP contribution is 2.26. The van der Waals surface area contributed by atoms with E-state index in [2.05, 4.69) is 19.8 Å². The molecule has 0 unspecified atom stereocenters. The third-order valence-corrected chi connectivity index (χ3v) is 5.92. The average molecular weight is 452 g/mol. The van der Waals surface area contributed by atoms with Gasteiger partial charge in [0.05, 0.1) is 18.1 Å². The van der Waals surface area contributed by atoms with Crippen LogP contribution in [0.15, 0.2) is 35.3 Å². The van der Waals surface area contributed by atoms with Crippen LogP contribution in [0.5, 0.6) is 0 Å². The number of fused-ring (bicyclic) bond motifs is 1. The first-order valence-electron chi connectivity index (χ1n) is 9.77. The fraction of sp³-hybridized carbons (Fsp3) is 0.421. The Labute approximate surface area is 177 Å². The fourth-order valence-electron chi connectivity index (χ4n) is 3.77. The van der Waals surface area contributed by atoms with Crippen molar-refractivity contribution in [3.8, 4) is 11.3 Å². The quantitative estimate of drug-likeness (QED) is 0.590. The summed E-state index contributed by atoms with van der Waals surface area (Å²) < 4.78 is 52.8. The first kappa shape index (κ1) is 21.4. The van der Waals surface area contributed by atoms with Gasteiger partial charge in [-0.25, -0.2) is 31.4 Å². The maximum absolute atomic E-state index is 13.1. The van der Waals surface area contributed by atoms with Crippen molar-refractivity contribution in [2.45, 2.75) is 19.3 Å². The van der Waals surface area contributed by atoms with Crippen molar-refractivity contribution in [2.24, 2.45) is 5.92 Å². The Kier molecular flexibility index (Phi) is 5.75. The highest BCUT2D eigenvalue weighted by molar-refractivity contribution is 7.88. The molecule has 1 aliphatic rings. The predicted molar refractivity (Wildman–Crippen MR) is 112 cm³/mol. The second kappa shape index (κ2) is 8.35. The molecule has 2 N–H and O–H groups in total. The Morgan fingerprint density at radius 3 is 2.87 bits per heavy atom. The Morgan fingerprint density at radius 2 is 2.13 bits per heavy atom. The van der Waals surface area contributed by atoms with E-state index in [0.717, 1.165) is 19.1 Å². The average Bonchev–Trinajstić information content (AvgIpc) is 3.15. The van der Waals surface area contributed by atoms with Gasteiger partial charge in [-0.05, 0) is 37.0 Å². The molecule has 0 aliphatic carbocycles. The van der Waals surface area contributed by atoms with Gasteiger partial charge >= 0.3 is 0 Å². The van der Waals surface area contributed by atoms with E-state index in [0.29, 0.717) is 42.4 Å². The lowest BCUT2D eigenvalue weighted by Crippen LogP contribution is -2.41. The zero-order valence-electron chi connectivity index (χ0n) is 16.8. The number of hydrogen-bond donors (Lipinski definition) is 2. The van der Waals surface area contributed by atoms with Gasteiger partial charge < -0.3 is 9.88 Å². The number of halogens is 2.